The van der Waals surface area contributed by atoms with Crippen molar-refractivity contribution in [2.45, 2.75) is 116 Å². The lowest BCUT2D eigenvalue weighted by molar-refractivity contribution is -0.225. The van der Waals surface area contributed by atoms with Gasteiger partial charge in [0.1, 0.15) is 5.82 Å². The van der Waals surface area contributed by atoms with Crippen LogP contribution in [0.4, 0.5) is 4.39 Å². The largest absolute Gasteiger partial charge is 0.346 e. The second-order valence-electron chi connectivity index (χ2n) is 10.8. The summed E-state index contributed by atoms with van der Waals surface area (Å²) in [5.74, 6) is -0.940. The highest BCUT2D eigenvalue weighted by atomic mass is 19.1. The number of allylic oxidation sites excluding steroid dienone is 2. The van der Waals surface area contributed by atoms with Crippen LogP contribution >= 0.6 is 0 Å². The zero-order chi connectivity index (χ0) is 27.1. The van der Waals surface area contributed by atoms with E-state index in [4.69, 9.17) is 9.47 Å². The first-order valence-electron chi connectivity index (χ1n) is 15.1. The van der Waals surface area contributed by atoms with Crippen LogP contribution < -0.4 is 0 Å². The molecule has 2 aromatic rings. The van der Waals surface area contributed by atoms with Crippen LogP contribution in [-0.2, 0) is 9.47 Å². The molecule has 208 valence electrons. The average molecular weight is 521 g/mol. The molecule has 0 bridgehead atoms. The minimum atomic E-state index is -0.737. The van der Waals surface area contributed by atoms with Gasteiger partial charge in [0, 0.05) is 12.0 Å². The molecular weight excluding hydrogens is 471 g/mol. The van der Waals surface area contributed by atoms with E-state index in [9.17, 15) is 0 Å². The highest BCUT2D eigenvalue weighted by Gasteiger charge is 2.32. The van der Waals surface area contributed by atoms with Gasteiger partial charge in [0.05, 0.1) is 12.7 Å². The zero-order valence-electron chi connectivity index (χ0n) is 24.0. The topological polar surface area (TPSA) is 18.5 Å². The van der Waals surface area contributed by atoms with Gasteiger partial charge in [0.2, 0.25) is 0 Å². The highest BCUT2D eigenvalue weighted by molar-refractivity contribution is 5.77. The van der Waals surface area contributed by atoms with Crippen LogP contribution in [0.5, 0.6) is 0 Å². The molecule has 1 aliphatic rings. The molecule has 1 aliphatic carbocycles. The minimum absolute atomic E-state index is 0.127. The Morgan fingerprint density at radius 1 is 0.816 bits per heavy atom. The summed E-state index contributed by atoms with van der Waals surface area (Å²) in [6.45, 7) is 7.34. The van der Waals surface area contributed by atoms with Gasteiger partial charge in [0.25, 0.3) is 0 Å². The Labute approximate surface area is 231 Å². The molecule has 0 aromatic heterocycles. The summed E-state index contributed by atoms with van der Waals surface area (Å²) in [4.78, 5) is 0. The maximum atomic E-state index is 15.0. The predicted octanol–water partition coefficient (Wildman–Crippen LogP) is 10.7. The first-order valence-corrected chi connectivity index (χ1v) is 15.1. The van der Waals surface area contributed by atoms with Crippen LogP contribution in [0, 0.1) is 5.82 Å². The Morgan fingerprint density at radius 2 is 1.50 bits per heavy atom. The van der Waals surface area contributed by atoms with Gasteiger partial charge in [-0.3, -0.25) is 0 Å². The first-order chi connectivity index (χ1) is 18.6. The first kappa shape index (κ1) is 30.3. The van der Waals surface area contributed by atoms with Crippen molar-refractivity contribution in [2.24, 2.45) is 0 Å². The van der Waals surface area contributed by atoms with Gasteiger partial charge in [-0.15, -0.1) is 0 Å². The molecule has 0 amide bonds. The molecule has 2 atom stereocenters. The van der Waals surface area contributed by atoms with Gasteiger partial charge >= 0.3 is 0 Å². The van der Waals surface area contributed by atoms with E-state index in [0.29, 0.717) is 18.6 Å². The fourth-order valence-corrected chi connectivity index (χ4v) is 5.16. The molecule has 0 heterocycles. The third-order valence-corrected chi connectivity index (χ3v) is 7.47. The lowest BCUT2D eigenvalue weighted by Gasteiger charge is -2.35. The summed E-state index contributed by atoms with van der Waals surface area (Å²) in [6, 6.07) is 15.2. The van der Waals surface area contributed by atoms with Gasteiger partial charge in [-0.1, -0.05) is 133 Å². The van der Waals surface area contributed by atoms with E-state index >= 15 is 4.39 Å². The maximum Gasteiger partial charge on any atom is 0.191 e. The normalized spacial score (nSPS) is 17.9. The van der Waals surface area contributed by atoms with Crippen molar-refractivity contribution >= 4 is 5.57 Å². The number of benzene rings is 2. The van der Waals surface area contributed by atoms with Crippen LogP contribution in [0.3, 0.4) is 0 Å². The van der Waals surface area contributed by atoms with Crippen molar-refractivity contribution in [2.75, 3.05) is 6.61 Å². The summed E-state index contributed by atoms with van der Waals surface area (Å²) in [6.07, 6.45) is 21.9. The molecule has 0 saturated carbocycles. The van der Waals surface area contributed by atoms with Crippen LogP contribution in [0.15, 0.2) is 66.8 Å². The molecule has 0 radical (unpaired) electrons. The summed E-state index contributed by atoms with van der Waals surface area (Å²) >= 11 is 0. The Hall–Kier alpha value is -2.23. The second-order valence-corrected chi connectivity index (χ2v) is 10.8. The molecule has 0 fully saturated rings. The third kappa shape index (κ3) is 9.82. The monoisotopic (exact) mass is 520 g/mol. The van der Waals surface area contributed by atoms with Crippen molar-refractivity contribution in [1.29, 1.82) is 0 Å². The van der Waals surface area contributed by atoms with Crippen molar-refractivity contribution in [1.82, 2.24) is 0 Å². The van der Waals surface area contributed by atoms with Crippen molar-refractivity contribution < 1.29 is 13.9 Å². The molecule has 2 nitrogen and oxygen atoms in total. The lowest BCUT2D eigenvalue weighted by atomic mass is 9.94. The van der Waals surface area contributed by atoms with Crippen molar-refractivity contribution in [3.8, 4) is 11.1 Å². The van der Waals surface area contributed by atoms with Crippen LogP contribution in [0.2, 0.25) is 0 Å². The van der Waals surface area contributed by atoms with Crippen LogP contribution in [0.25, 0.3) is 16.7 Å². The average Bonchev–Trinajstić information content (AvgIpc) is 2.93. The molecule has 0 spiro atoms. The molecule has 0 aliphatic heterocycles. The van der Waals surface area contributed by atoms with E-state index in [1.807, 2.05) is 48.5 Å². The van der Waals surface area contributed by atoms with Gasteiger partial charge in [-0.2, -0.15) is 0 Å². The van der Waals surface area contributed by atoms with Gasteiger partial charge in [-0.25, -0.2) is 4.39 Å². The highest BCUT2D eigenvalue weighted by Crippen LogP contribution is 2.34. The summed E-state index contributed by atoms with van der Waals surface area (Å²) < 4.78 is 28.0. The van der Waals surface area contributed by atoms with E-state index in [1.54, 1.807) is 6.07 Å². The third-order valence-electron chi connectivity index (χ3n) is 7.47. The quantitative estimate of drug-likeness (QED) is 0.144. The molecule has 3 rings (SSSR count). The van der Waals surface area contributed by atoms with E-state index in [0.717, 1.165) is 29.5 Å². The minimum Gasteiger partial charge on any atom is -0.346 e. The van der Waals surface area contributed by atoms with Crippen LogP contribution in [0.1, 0.15) is 110 Å². The van der Waals surface area contributed by atoms with E-state index in [2.05, 4.69) is 32.9 Å². The molecule has 1 unspecified atom stereocenters. The summed E-state index contributed by atoms with van der Waals surface area (Å²) in [7, 11) is 0. The SMILES string of the molecule is CCCCCCCCCCO[C@]1(OC(C)CCCCC)C=CC(c2ccc(-c3ccccc3)c(F)c2)=CC1. The standard InChI is InChI=1S/C35H49FO2/c1-4-6-8-9-10-11-12-17-27-37-35(38-29(3)18-14-7-5-2)25-23-30(24-26-35)32-21-22-33(34(36)28-32)31-19-15-13-16-20-31/h13,15-16,19-25,28-29H,4-12,14,17-18,26-27H2,1-3H3/t29?,35-/m0/s1. The maximum absolute atomic E-state index is 15.0. The van der Waals surface area contributed by atoms with E-state index in [1.165, 1.54) is 64.2 Å². The lowest BCUT2D eigenvalue weighted by Crippen LogP contribution is -2.38. The van der Waals surface area contributed by atoms with Crippen LogP contribution in [-0.4, -0.2) is 18.5 Å². The van der Waals surface area contributed by atoms with Gasteiger partial charge < -0.3 is 9.47 Å². The zero-order valence-corrected chi connectivity index (χ0v) is 24.0. The molecular formula is C35H49FO2. The molecule has 3 heteroatoms. The number of hydrogen-bond donors (Lipinski definition) is 0. The number of halogens is 1. The Balaban J connectivity index is 1.60. The summed E-state index contributed by atoms with van der Waals surface area (Å²) in [5, 5.41) is 0. The molecule has 0 saturated heterocycles. The van der Waals surface area contributed by atoms with Gasteiger partial charge in [0.15, 0.2) is 5.79 Å². The number of hydrogen-bond acceptors (Lipinski definition) is 2. The fourth-order valence-electron chi connectivity index (χ4n) is 5.16. The van der Waals surface area contributed by atoms with Crippen molar-refractivity contribution in [3.63, 3.8) is 0 Å². The molecule has 2 aromatic carbocycles. The Kier molecular flexibility index (Phi) is 13.3. The number of unbranched alkanes of at least 4 members (excludes halogenated alkanes) is 9. The van der Waals surface area contributed by atoms with Crippen molar-refractivity contribution in [3.05, 3.63) is 78.1 Å². The smallest absolute Gasteiger partial charge is 0.191 e. The van der Waals surface area contributed by atoms with E-state index in [-0.39, 0.29) is 11.9 Å². The molecule has 0 N–H and O–H groups in total. The Morgan fingerprint density at radius 3 is 2.16 bits per heavy atom. The summed E-state index contributed by atoms with van der Waals surface area (Å²) in [5.41, 5.74) is 3.41. The predicted molar refractivity (Wildman–Crippen MR) is 160 cm³/mol. The Bertz CT molecular complexity index is 996. The fraction of sp³-hybridized carbons (Fsp3) is 0.543. The number of ether oxygens (including phenoxy) is 2. The number of rotatable bonds is 18. The van der Waals surface area contributed by atoms with Gasteiger partial charge in [-0.05, 0) is 48.6 Å². The second kappa shape index (κ2) is 16.7. The van der Waals surface area contributed by atoms with E-state index < -0.39 is 5.79 Å². The molecule has 38 heavy (non-hydrogen) atoms.